The van der Waals surface area contributed by atoms with E-state index in [1.165, 1.54) is 11.8 Å². The molecule has 0 saturated carbocycles. The molecule has 31 heavy (non-hydrogen) atoms. The van der Waals surface area contributed by atoms with Crippen LogP contribution in [-0.2, 0) is 0 Å². The van der Waals surface area contributed by atoms with Crippen molar-refractivity contribution in [1.29, 1.82) is 0 Å². The van der Waals surface area contributed by atoms with Gasteiger partial charge in [0, 0.05) is 16.9 Å². The van der Waals surface area contributed by atoms with Crippen molar-refractivity contribution in [2.24, 2.45) is 0 Å². The lowest BCUT2D eigenvalue weighted by molar-refractivity contribution is 0.101. The van der Waals surface area contributed by atoms with Crippen LogP contribution in [0.25, 0.3) is 0 Å². The Bertz CT molecular complexity index is 1090. The number of rotatable bonds is 8. The highest BCUT2D eigenvalue weighted by atomic mass is 32.2. The fraction of sp³-hybridized carbons (Fsp3) is 0.240. The van der Waals surface area contributed by atoms with Crippen LogP contribution in [0.15, 0.2) is 59.6 Å². The molecule has 0 saturated heterocycles. The second-order valence-corrected chi connectivity index (χ2v) is 8.22. The zero-order chi connectivity index (χ0) is 22.4. The minimum Gasteiger partial charge on any atom is -0.494 e. The smallest absolute Gasteiger partial charge is 0.258 e. The van der Waals surface area contributed by atoms with E-state index in [2.05, 4.69) is 10.3 Å². The van der Waals surface area contributed by atoms with E-state index in [-0.39, 0.29) is 17.4 Å². The van der Waals surface area contributed by atoms with Gasteiger partial charge in [-0.3, -0.25) is 9.59 Å². The molecule has 0 aliphatic heterocycles. The summed E-state index contributed by atoms with van der Waals surface area (Å²) in [6.45, 7) is 8.24. The summed E-state index contributed by atoms with van der Waals surface area (Å²) in [5, 5.41) is 3.50. The molecule has 2 aromatic carbocycles. The van der Waals surface area contributed by atoms with Gasteiger partial charge in [-0.05, 0) is 81.3 Å². The zero-order valence-electron chi connectivity index (χ0n) is 18.2. The van der Waals surface area contributed by atoms with E-state index >= 15 is 0 Å². The lowest BCUT2D eigenvalue weighted by Gasteiger charge is -2.13. The minimum atomic E-state index is -0.230. The largest absolute Gasteiger partial charge is 0.494 e. The Morgan fingerprint density at radius 3 is 2.45 bits per heavy atom. The molecule has 1 amide bonds. The van der Waals surface area contributed by atoms with Crippen LogP contribution < -0.4 is 10.1 Å². The normalized spacial score (nSPS) is 10.6. The Morgan fingerprint density at radius 1 is 1.03 bits per heavy atom. The van der Waals surface area contributed by atoms with Crippen molar-refractivity contribution in [2.75, 3.05) is 17.7 Å². The first-order valence-electron chi connectivity index (χ1n) is 10.1. The molecule has 0 aliphatic carbocycles. The number of carbonyl (C=O) groups is 2. The fourth-order valence-electron chi connectivity index (χ4n) is 3.22. The van der Waals surface area contributed by atoms with Crippen molar-refractivity contribution in [3.05, 3.63) is 82.5 Å². The molecule has 1 heterocycles. The summed E-state index contributed by atoms with van der Waals surface area (Å²) in [6, 6.07) is 16.6. The van der Waals surface area contributed by atoms with Gasteiger partial charge in [-0.15, -0.1) is 0 Å². The number of amides is 1. The first-order valence-corrected chi connectivity index (χ1v) is 11.1. The van der Waals surface area contributed by atoms with E-state index in [1.807, 2.05) is 58.0 Å². The summed E-state index contributed by atoms with van der Waals surface area (Å²) in [6.07, 6.45) is 0. The molecular formula is C25H26N2O3S. The van der Waals surface area contributed by atoms with Gasteiger partial charge in [0.25, 0.3) is 5.91 Å². The van der Waals surface area contributed by atoms with Crippen molar-refractivity contribution in [2.45, 2.75) is 32.7 Å². The van der Waals surface area contributed by atoms with Gasteiger partial charge in [0.1, 0.15) is 10.8 Å². The lowest BCUT2D eigenvalue weighted by Crippen LogP contribution is -2.16. The number of hydrogen-bond acceptors (Lipinski definition) is 5. The van der Waals surface area contributed by atoms with Gasteiger partial charge in [0.05, 0.1) is 17.9 Å². The van der Waals surface area contributed by atoms with Crippen molar-refractivity contribution in [3.63, 3.8) is 0 Å². The highest BCUT2D eigenvalue weighted by Crippen LogP contribution is 2.26. The van der Waals surface area contributed by atoms with E-state index in [0.717, 1.165) is 28.3 Å². The molecule has 0 fully saturated rings. The van der Waals surface area contributed by atoms with Gasteiger partial charge in [-0.25, -0.2) is 4.98 Å². The molecule has 6 heteroatoms. The summed E-state index contributed by atoms with van der Waals surface area (Å²) in [7, 11) is 0. The van der Waals surface area contributed by atoms with E-state index < -0.39 is 0 Å². The first kappa shape index (κ1) is 22.6. The van der Waals surface area contributed by atoms with E-state index in [4.69, 9.17) is 4.74 Å². The van der Waals surface area contributed by atoms with Crippen LogP contribution in [0, 0.1) is 20.8 Å². The van der Waals surface area contributed by atoms with Gasteiger partial charge in [-0.2, -0.15) is 0 Å². The lowest BCUT2D eigenvalue weighted by atomic mass is 10.1. The molecule has 0 atom stereocenters. The van der Waals surface area contributed by atoms with Crippen molar-refractivity contribution < 1.29 is 14.3 Å². The molecule has 3 rings (SSSR count). The number of Topliss-reactive ketones (excluding diaryl/α,β-unsaturated/α-hetero) is 1. The number of thioether (sulfide) groups is 1. The van der Waals surface area contributed by atoms with Crippen LogP contribution in [0.2, 0.25) is 0 Å². The molecule has 5 nitrogen and oxygen atoms in total. The Hall–Kier alpha value is -3.12. The highest BCUT2D eigenvalue weighted by Gasteiger charge is 2.19. The summed E-state index contributed by atoms with van der Waals surface area (Å²) >= 11 is 1.28. The predicted molar refractivity (Wildman–Crippen MR) is 126 cm³/mol. The number of ether oxygens (including phenoxy) is 1. The molecule has 3 aromatic rings. The first-order chi connectivity index (χ1) is 14.9. The second kappa shape index (κ2) is 10.3. The third kappa shape index (κ3) is 5.95. The van der Waals surface area contributed by atoms with Gasteiger partial charge in [0.15, 0.2) is 5.78 Å². The van der Waals surface area contributed by atoms with Crippen LogP contribution in [0.1, 0.15) is 44.5 Å². The van der Waals surface area contributed by atoms with E-state index in [1.54, 1.807) is 24.3 Å². The summed E-state index contributed by atoms with van der Waals surface area (Å²) in [4.78, 5) is 30.3. The third-order valence-electron chi connectivity index (χ3n) is 4.64. The van der Waals surface area contributed by atoms with Crippen LogP contribution in [0.5, 0.6) is 5.75 Å². The molecule has 0 aliphatic rings. The van der Waals surface area contributed by atoms with Crippen molar-refractivity contribution in [1.82, 2.24) is 4.98 Å². The number of nitrogens with one attached hydrogen (secondary N) is 1. The number of aromatic nitrogens is 1. The fourth-order valence-corrected chi connectivity index (χ4v) is 4.26. The van der Waals surface area contributed by atoms with E-state index in [9.17, 15) is 9.59 Å². The number of aryl methyl sites for hydroxylation is 3. The molecule has 0 radical (unpaired) electrons. The van der Waals surface area contributed by atoms with Crippen LogP contribution in [0.3, 0.4) is 0 Å². The van der Waals surface area contributed by atoms with Crippen LogP contribution in [-0.4, -0.2) is 29.0 Å². The van der Waals surface area contributed by atoms with Crippen molar-refractivity contribution in [3.8, 4) is 5.75 Å². The molecule has 1 aromatic heterocycles. The van der Waals surface area contributed by atoms with Gasteiger partial charge in [0.2, 0.25) is 0 Å². The Balaban J connectivity index is 1.77. The van der Waals surface area contributed by atoms with Gasteiger partial charge in [-0.1, -0.05) is 23.9 Å². The van der Waals surface area contributed by atoms with Crippen LogP contribution >= 0.6 is 11.8 Å². The van der Waals surface area contributed by atoms with Gasteiger partial charge < -0.3 is 10.1 Å². The zero-order valence-corrected chi connectivity index (χ0v) is 19.0. The second-order valence-electron chi connectivity index (χ2n) is 7.25. The summed E-state index contributed by atoms with van der Waals surface area (Å²) < 4.78 is 5.42. The number of ketones is 1. The molecule has 0 bridgehead atoms. The molecule has 160 valence electrons. The Labute approximate surface area is 187 Å². The summed E-state index contributed by atoms with van der Waals surface area (Å²) in [5.74, 6) is 0.665. The Morgan fingerprint density at radius 2 is 1.77 bits per heavy atom. The van der Waals surface area contributed by atoms with E-state index in [0.29, 0.717) is 22.8 Å². The quantitative estimate of drug-likeness (QED) is 0.367. The average molecular weight is 435 g/mol. The average Bonchev–Trinajstić information content (AvgIpc) is 2.72. The molecule has 0 spiro atoms. The number of pyridine rings is 1. The molecule has 0 unspecified atom stereocenters. The molecular weight excluding hydrogens is 408 g/mol. The number of benzene rings is 2. The SMILES string of the molecule is CCOc1ccc(C(=O)CSc2nc(C)cc(C)c2C(=O)Nc2cccc(C)c2)cc1. The van der Waals surface area contributed by atoms with Gasteiger partial charge >= 0.3 is 0 Å². The maximum absolute atomic E-state index is 13.0. The highest BCUT2D eigenvalue weighted by molar-refractivity contribution is 8.00. The number of carbonyl (C=O) groups excluding carboxylic acids is 2. The standard InChI is InChI=1S/C25H26N2O3S/c1-5-30-21-11-9-19(10-12-21)22(28)15-31-25-23(17(3)14-18(4)26-25)24(29)27-20-8-6-7-16(2)13-20/h6-14H,5,15H2,1-4H3,(H,27,29). The van der Waals surface area contributed by atoms with Crippen molar-refractivity contribution >= 4 is 29.1 Å². The predicted octanol–water partition coefficient (Wildman–Crippen LogP) is 5.63. The number of anilines is 1. The van der Waals surface area contributed by atoms with Crippen LogP contribution in [0.4, 0.5) is 5.69 Å². The third-order valence-corrected chi connectivity index (χ3v) is 5.62. The maximum Gasteiger partial charge on any atom is 0.258 e. The Kier molecular flexibility index (Phi) is 7.47. The maximum atomic E-state index is 13.0. The number of nitrogens with zero attached hydrogens (tertiary/aromatic N) is 1. The number of hydrogen-bond donors (Lipinski definition) is 1. The molecule has 1 N–H and O–H groups in total. The minimum absolute atomic E-state index is 0.0287. The topological polar surface area (TPSA) is 68.3 Å². The monoisotopic (exact) mass is 434 g/mol. The summed E-state index contributed by atoms with van der Waals surface area (Å²) in [5.41, 5.74) is 4.52.